The molecular weight excluding hydrogens is 256 g/mol. The molecular formula is C12H17ClN2O3. The fourth-order valence-electron chi connectivity index (χ4n) is 1.08. The standard InChI is InChI=1S/C12H17ClN2O3/c1-12(2,3)18-11(16)14-6-7-17-9-4-5-10(13)15-8-9/h4-5,8H,6-7H2,1-3H3,(H,14,16). The van der Waals surface area contributed by atoms with E-state index in [1.54, 1.807) is 12.1 Å². The van der Waals surface area contributed by atoms with Crippen LogP contribution in [0.2, 0.25) is 5.15 Å². The van der Waals surface area contributed by atoms with Crippen molar-refractivity contribution in [2.24, 2.45) is 0 Å². The van der Waals surface area contributed by atoms with E-state index in [9.17, 15) is 4.79 Å². The van der Waals surface area contributed by atoms with Crippen LogP contribution in [0, 0.1) is 0 Å². The minimum atomic E-state index is -0.495. The van der Waals surface area contributed by atoms with Gasteiger partial charge in [-0.1, -0.05) is 11.6 Å². The quantitative estimate of drug-likeness (QED) is 0.676. The number of ether oxygens (including phenoxy) is 2. The smallest absolute Gasteiger partial charge is 0.407 e. The molecule has 0 bridgehead atoms. The van der Waals surface area contributed by atoms with Gasteiger partial charge in [0.05, 0.1) is 12.7 Å². The van der Waals surface area contributed by atoms with Gasteiger partial charge in [0.25, 0.3) is 0 Å². The highest BCUT2D eigenvalue weighted by molar-refractivity contribution is 6.29. The van der Waals surface area contributed by atoms with Gasteiger partial charge < -0.3 is 14.8 Å². The van der Waals surface area contributed by atoms with E-state index in [0.29, 0.717) is 24.1 Å². The summed E-state index contributed by atoms with van der Waals surface area (Å²) in [4.78, 5) is 15.2. The van der Waals surface area contributed by atoms with Crippen LogP contribution in [0.4, 0.5) is 4.79 Å². The van der Waals surface area contributed by atoms with Gasteiger partial charge in [-0.2, -0.15) is 0 Å². The maximum absolute atomic E-state index is 11.3. The zero-order valence-corrected chi connectivity index (χ0v) is 11.5. The van der Waals surface area contributed by atoms with E-state index in [1.807, 2.05) is 20.8 Å². The Morgan fingerprint density at radius 1 is 1.44 bits per heavy atom. The Labute approximate surface area is 111 Å². The van der Waals surface area contributed by atoms with Gasteiger partial charge in [-0.25, -0.2) is 9.78 Å². The van der Waals surface area contributed by atoms with Crippen LogP contribution in [0.3, 0.4) is 0 Å². The topological polar surface area (TPSA) is 60.5 Å². The first-order valence-corrected chi connectivity index (χ1v) is 5.96. The Balaban J connectivity index is 2.19. The third-order valence-corrected chi connectivity index (χ3v) is 1.96. The lowest BCUT2D eigenvalue weighted by Gasteiger charge is -2.19. The molecule has 0 unspecified atom stereocenters. The van der Waals surface area contributed by atoms with Gasteiger partial charge in [0.1, 0.15) is 23.1 Å². The summed E-state index contributed by atoms with van der Waals surface area (Å²) in [7, 11) is 0. The summed E-state index contributed by atoms with van der Waals surface area (Å²) in [6.45, 7) is 6.12. The monoisotopic (exact) mass is 272 g/mol. The predicted octanol–water partition coefficient (Wildman–Crippen LogP) is 2.64. The highest BCUT2D eigenvalue weighted by Gasteiger charge is 2.15. The lowest BCUT2D eigenvalue weighted by atomic mass is 10.2. The molecule has 6 heteroatoms. The van der Waals surface area contributed by atoms with Crippen molar-refractivity contribution in [1.29, 1.82) is 0 Å². The number of nitrogens with one attached hydrogen (secondary N) is 1. The van der Waals surface area contributed by atoms with Gasteiger partial charge in [-0.3, -0.25) is 0 Å². The lowest BCUT2D eigenvalue weighted by molar-refractivity contribution is 0.0520. The second-order valence-corrected chi connectivity index (χ2v) is 4.98. The van der Waals surface area contributed by atoms with Crippen molar-refractivity contribution in [3.05, 3.63) is 23.5 Å². The van der Waals surface area contributed by atoms with Crippen LogP contribution in [-0.2, 0) is 4.74 Å². The third-order valence-electron chi connectivity index (χ3n) is 1.74. The van der Waals surface area contributed by atoms with Crippen molar-refractivity contribution < 1.29 is 14.3 Å². The first-order chi connectivity index (χ1) is 8.37. The van der Waals surface area contributed by atoms with Crippen LogP contribution in [0.15, 0.2) is 18.3 Å². The Morgan fingerprint density at radius 3 is 2.72 bits per heavy atom. The maximum Gasteiger partial charge on any atom is 0.407 e. The number of alkyl carbamates (subject to hydrolysis) is 1. The van der Waals surface area contributed by atoms with E-state index >= 15 is 0 Å². The number of hydrogen-bond acceptors (Lipinski definition) is 4. The Morgan fingerprint density at radius 2 is 2.17 bits per heavy atom. The first kappa shape index (κ1) is 14.6. The number of hydrogen-bond donors (Lipinski definition) is 1. The molecule has 1 aromatic heterocycles. The molecule has 1 rings (SSSR count). The molecule has 0 saturated carbocycles. The van der Waals surface area contributed by atoms with Crippen molar-refractivity contribution in [3.63, 3.8) is 0 Å². The molecule has 0 aliphatic rings. The molecule has 1 heterocycles. The minimum Gasteiger partial charge on any atom is -0.490 e. The van der Waals surface area contributed by atoms with Crippen LogP contribution < -0.4 is 10.1 Å². The lowest BCUT2D eigenvalue weighted by Crippen LogP contribution is -2.34. The van der Waals surface area contributed by atoms with E-state index < -0.39 is 11.7 Å². The summed E-state index contributed by atoms with van der Waals surface area (Å²) in [5.74, 6) is 0.602. The molecule has 0 saturated heterocycles. The number of aromatic nitrogens is 1. The molecule has 0 radical (unpaired) electrons. The summed E-state index contributed by atoms with van der Waals surface area (Å²) in [5.41, 5.74) is -0.495. The van der Waals surface area contributed by atoms with E-state index in [2.05, 4.69) is 10.3 Å². The first-order valence-electron chi connectivity index (χ1n) is 5.58. The van der Waals surface area contributed by atoms with Gasteiger partial charge >= 0.3 is 6.09 Å². The Kier molecular flexibility index (Phi) is 5.22. The molecule has 5 nitrogen and oxygen atoms in total. The predicted molar refractivity (Wildman–Crippen MR) is 69.0 cm³/mol. The largest absolute Gasteiger partial charge is 0.490 e. The fourth-order valence-corrected chi connectivity index (χ4v) is 1.20. The van der Waals surface area contributed by atoms with Crippen LogP contribution >= 0.6 is 11.6 Å². The fraction of sp³-hybridized carbons (Fsp3) is 0.500. The molecule has 1 aromatic rings. The van der Waals surface area contributed by atoms with E-state index in [4.69, 9.17) is 21.1 Å². The van der Waals surface area contributed by atoms with E-state index in [1.165, 1.54) is 6.20 Å². The summed E-state index contributed by atoms with van der Waals surface area (Å²) in [6.07, 6.45) is 1.07. The normalized spacial score (nSPS) is 10.9. The van der Waals surface area contributed by atoms with Crippen molar-refractivity contribution in [2.45, 2.75) is 26.4 Å². The average molecular weight is 273 g/mol. The molecule has 0 spiro atoms. The van der Waals surface area contributed by atoms with E-state index in [0.717, 1.165) is 0 Å². The van der Waals surface area contributed by atoms with Crippen molar-refractivity contribution in [1.82, 2.24) is 10.3 Å². The van der Waals surface area contributed by atoms with E-state index in [-0.39, 0.29) is 0 Å². The molecule has 18 heavy (non-hydrogen) atoms. The van der Waals surface area contributed by atoms with Crippen molar-refractivity contribution in [2.75, 3.05) is 13.2 Å². The number of amides is 1. The van der Waals surface area contributed by atoms with Gasteiger partial charge in [-0.05, 0) is 32.9 Å². The SMILES string of the molecule is CC(C)(C)OC(=O)NCCOc1ccc(Cl)nc1. The molecule has 1 N–H and O–H groups in total. The zero-order valence-electron chi connectivity index (χ0n) is 10.7. The highest BCUT2D eigenvalue weighted by atomic mass is 35.5. The molecule has 0 aromatic carbocycles. The minimum absolute atomic E-state index is 0.336. The molecule has 0 atom stereocenters. The third kappa shape index (κ3) is 6.30. The number of carbonyl (C=O) groups is 1. The number of nitrogens with zero attached hydrogens (tertiary/aromatic N) is 1. The summed E-state index contributed by atoms with van der Waals surface area (Å²) < 4.78 is 10.4. The highest BCUT2D eigenvalue weighted by Crippen LogP contribution is 2.11. The molecule has 100 valence electrons. The van der Waals surface area contributed by atoms with Crippen molar-refractivity contribution in [3.8, 4) is 5.75 Å². The summed E-state index contributed by atoms with van der Waals surface area (Å²) >= 11 is 5.64. The van der Waals surface area contributed by atoms with Crippen molar-refractivity contribution >= 4 is 17.7 Å². The number of carbonyl (C=O) groups excluding carboxylic acids is 1. The summed E-state index contributed by atoms with van der Waals surface area (Å²) in [6, 6.07) is 3.35. The Bertz CT molecular complexity index is 387. The number of halogens is 1. The van der Waals surface area contributed by atoms with Gasteiger partial charge in [0.2, 0.25) is 0 Å². The van der Waals surface area contributed by atoms with Gasteiger partial charge in [0.15, 0.2) is 0 Å². The second kappa shape index (κ2) is 6.44. The molecule has 0 aliphatic heterocycles. The molecule has 1 amide bonds. The zero-order chi connectivity index (χ0) is 13.6. The van der Waals surface area contributed by atoms with Crippen LogP contribution in [0.1, 0.15) is 20.8 Å². The molecule has 0 fully saturated rings. The van der Waals surface area contributed by atoms with Crippen LogP contribution in [-0.4, -0.2) is 29.8 Å². The van der Waals surface area contributed by atoms with Crippen LogP contribution in [0.5, 0.6) is 5.75 Å². The molecule has 0 aliphatic carbocycles. The van der Waals surface area contributed by atoms with Gasteiger partial charge in [-0.15, -0.1) is 0 Å². The maximum atomic E-state index is 11.3. The second-order valence-electron chi connectivity index (χ2n) is 4.59. The average Bonchev–Trinajstić information content (AvgIpc) is 2.24. The number of rotatable bonds is 4. The Hall–Kier alpha value is -1.49. The van der Waals surface area contributed by atoms with Gasteiger partial charge in [0, 0.05) is 0 Å². The van der Waals surface area contributed by atoms with Crippen LogP contribution in [0.25, 0.3) is 0 Å². The number of pyridine rings is 1. The summed E-state index contributed by atoms with van der Waals surface area (Å²) in [5, 5.41) is 3.00.